The third kappa shape index (κ3) is 14.8. The van der Waals surface area contributed by atoms with Gasteiger partial charge in [-0.3, -0.25) is 9.59 Å². The average Bonchev–Trinajstić information content (AvgIpc) is 2.87. The summed E-state index contributed by atoms with van der Waals surface area (Å²) in [6.45, 7) is 21.0. The minimum Gasteiger partial charge on any atom is -0.507 e. The number of hydrogen-bond acceptors (Lipinski definition) is 8. The number of ether oxygens (including phenoxy) is 1. The molecule has 0 aliphatic heterocycles. The van der Waals surface area contributed by atoms with E-state index in [1.807, 2.05) is 0 Å². The molecule has 232 valence electrons. The van der Waals surface area contributed by atoms with E-state index in [1.165, 1.54) is 52.5 Å². The molecule has 0 saturated heterocycles. The fourth-order valence-electron chi connectivity index (χ4n) is 4.34. The average molecular weight is 627 g/mol. The molecular weight excluding hydrogens is 577 g/mol. The number of aromatic hydroxyl groups is 1. The highest BCUT2D eigenvalue weighted by atomic mass is 33.1. The minimum atomic E-state index is -0.680. The van der Waals surface area contributed by atoms with E-state index < -0.39 is 5.97 Å². The smallest absolute Gasteiger partial charge is 0.341 e. The van der Waals surface area contributed by atoms with E-state index in [9.17, 15) is 19.5 Å². The van der Waals surface area contributed by atoms with Gasteiger partial charge in [0, 0.05) is 22.7 Å². The summed E-state index contributed by atoms with van der Waals surface area (Å²) in [6, 6.07) is 4.22. The first kappa shape index (κ1) is 37.2. The van der Waals surface area contributed by atoms with E-state index in [0.29, 0.717) is 29.7 Å². The SMILES string of the molecule is COC(=O)c1cc(NC(=O)CSSCCNC(=O)CSC(C)(C)CC(C)(C)C(C)C(C)=CCC(C)(C)C)ccc1O. The van der Waals surface area contributed by atoms with Gasteiger partial charge in [0.25, 0.3) is 0 Å². The van der Waals surface area contributed by atoms with Crippen molar-refractivity contribution in [2.45, 2.75) is 79.9 Å². The fraction of sp³-hybridized carbons (Fsp3) is 0.645. The number of phenolic OH excluding ortho intramolecular Hbond substituents is 1. The summed E-state index contributed by atoms with van der Waals surface area (Å²) >= 11 is 1.70. The van der Waals surface area contributed by atoms with Gasteiger partial charge in [-0.25, -0.2) is 4.79 Å². The van der Waals surface area contributed by atoms with Gasteiger partial charge < -0.3 is 20.5 Å². The monoisotopic (exact) mass is 626 g/mol. The number of methoxy groups -OCH3 is 1. The minimum absolute atomic E-state index is 0.0123. The number of amides is 2. The zero-order chi connectivity index (χ0) is 31.4. The molecule has 0 spiro atoms. The molecule has 2 amide bonds. The van der Waals surface area contributed by atoms with Crippen molar-refractivity contribution < 1.29 is 24.2 Å². The number of esters is 1. The van der Waals surface area contributed by atoms with Crippen LogP contribution in [0.15, 0.2) is 29.8 Å². The van der Waals surface area contributed by atoms with Crippen LogP contribution >= 0.6 is 33.3 Å². The summed E-state index contributed by atoms with van der Waals surface area (Å²) < 4.78 is 4.59. The van der Waals surface area contributed by atoms with Crippen molar-refractivity contribution in [1.82, 2.24) is 5.32 Å². The van der Waals surface area contributed by atoms with Crippen molar-refractivity contribution in [3.05, 3.63) is 35.4 Å². The summed E-state index contributed by atoms with van der Waals surface area (Å²) in [4.78, 5) is 36.4. The molecule has 0 fully saturated rings. The predicted octanol–water partition coefficient (Wildman–Crippen LogP) is 7.56. The van der Waals surface area contributed by atoms with Crippen LogP contribution in [0.25, 0.3) is 0 Å². The molecule has 0 heterocycles. The molecule has 3 N–H and O–H groups in total. The molecule has 41 heavy (non-hydrogen) atoms. The summed E-state index contributed by atoms with van der Waals surface area (Å²) in [5.41, 5.74) is 2.22. The molecule has 0 aliphatic carbocycles. The van der Waals surface area contributed by atoms with Gasteiger partial charge in [-0.15, -0.1) is 11.8 Å². The van der Waals surface area contributed by atoms with Crippen molar-refractivity contribution in [2.24, 2.45) is 16.7 Å². The fourth-order valence-corrected chi connectivity index (χ4v) is 7.18. The second-order valence-electron chi connectivity index (χ2n) is 12.9. The van der Waals surface area contributed by atoms with Crippen molar-refractivity contribution in [3.8, 4) is 5.75 Å². The molecule has 0 aliphatic rings. The molecule has 0 bridgehead atoms. The molecule has 1 rings (SSSR count). The number of allylic oxidation sites excluding steroid dienone is 2. The molecule has 10 heteroatoms. The largest absolute Gasteiger partial charge is 0.507 e. The van der Waals surface area contributed by atoms with E-state index in [1.54, 1.807) is 11.8 Å². The maximum atomic E-state index is 12.5. The van der Waals surface area contributed by atoms with Crippen LogP contribution in [0.4, 0.5) is 5.69 Å². The Balaban J connectivity index is 2.36. The summed E-state index contributed by atoms with van der Waals surface area (Å²) in [6.07, 6.45) is 4.46. The first-order chi connectivity index (χ1) is 18.9. The normalized spacial score (nSPS) is 13.5. The predicted molar refractivity (Wildman–Crippen MR) is 178 cm³/mol. The van der Waals surface area contributed by atoms with Crippen LogP contribution in [0.2, 0.25) is 0 Å². The van der Waals surface area contributed by atoms with Crippen LogP contribution in [-0.4, -0.2) is 58.6 Å². The number of rotatable bonds is 16. The van der Waals surface area contributed by atoms with E-state index in [4.69, 9.17) is 0 Å². The number of benzene rings is 1. The van der Waals surface area contributed by atoms with Crippen LogP contribution in [0, 0.1) is 16.7 Å². The van der Waals surface area contributed by atoms with Crippen molar-refractivity contribution >= 4 is 56.8 Å². The highest BCUT2D eigenvalue weighted by molar-refractivity contribution is 8.76. The van der Waals surface area contributed by atoms with Gasteiger partial charge in [-0.05, 0) is 54.7 Å². The summed E-state index contributed by atoms with van der Waals surface area (Å²) in [7, 11) is 4.11. The van der Waals surface area contributed by atoms with E-state index >= 15 is 0 Å². The van der Waals surface area contributed by atoms with Gasteiger partial charge >= 0.3 is 5.97 Å². The number of nitrogens with one attached hydrogen (secondary N) is 2. The lowest BCUT2D eigenvalue weighted by atomic mass is 9.70. The van der Waals surface area contributed by atoms with Crippen LogP contribution < -0.4 is 10.6 Å². The Bertz CT molecular complexity index is 1060. The second kappa shape index (κ2) is 16.8. The van der Waals surface area contributed by atoms with Crippen LogP contribution in [-0.2, 0) is 14.3 Å². The standard InChI is InChI=1S/C31H50N2O5S3/c1-21(13-14-29(3,4)5)22(2)30(6,7)20-31(8,9)39-18-26(35)32-15-16-40-41-19-27(36)33-23-11-12-25(34)24(17-23)28(37)38-10/h11-13,17,22,34H,14-16,18-20H2,1-10H3,(H,32,35)(H,33,36). The highest BCUT2D eigenvalue weighted by Gasteiger charge is 2.34. The van der Waals surface area contributed by atoms with Gasteiger partial charge in [0.2, 0.25) is 11.8 Å². The topological polar surface area (TPSA) is 105 Å². The number of thioether (sulfide) groups is 1. The number of carbonyl (C=O) groups excluding carboxylic acids is 3. The lowest BCUT2D eigenvalue weighted by Crippen LogP contribution is -2.34. The highest BCUT2D eigenvalue weighted by Crippen LogP contribution is 2.44. The summed E-state index contributed by atoms with van der Waals surface area (Å²) in [5.74, 6) is 0.642. The Morgan fingerprint density at radius 1 is 1.02 bits per heavy atom. The zero-order valence-corrected chi connectivity index (χ0v) is 28.9. The molecule has 1 atom stereocenters. The Morgan fingerprint density at radius 2 is 1.68 bits per heavy atom. The zero-order valence-electron chi connectivity index (χ0n) is 26.4. The molecule has 7 nitrogen and oxygen atoms in total. The van der Waals surface area contributed by atoms with E-state index in [2.05, 4.69) is 83.8 Å². The molecule has 1 unspecified atom stereocenters. The van der Waals surface area contributed by atoms with Gasteiger partial charge in [0.1, 0.15) is 11.3 Å². The second-order valence-corrected chi connectivity index (χ2v) is 17.1. The Kier molecular flexibility index (Phi) is 15.2. The van der Waals surface area contributed by atoms with Gasteiger partial charge in [-0.2, -0.15) is 0 Å². The Morgan fingerprint density at radius 3 is 2.29 bits per heavy atom. The molecule has 0 aromatic heterocycles. The first-order valence-corrected chi connectivity index (χ1v) is 17.4. The lowest BCUT2D eigenvalue weighted by molar-refractivity contribution is -0.118. The summed E-state index contributed by atoms with van der Waals surface area (Å²) in [5, 5.41) is 15.4. The van der Waals surface area contributed by atoms with Crippen LogP contribution in [0.3, 0.4) is 0 Å². The van der Waals surface area contributed by atoms with E-state index in [0.717, 1.165) is 12.8 Å². The molecule has 0 saturated carbocycles. The van der Waals surface area contributed by atoms with Gasteiger partial charge in [0.05, 0.1) is 18.6 Å². The molecule has 0 radical (unpaired) electrons. The van der Waals surface area contributed by atoms with Crippen molar-refractivity contribution in [2.75, 3.05) is 36.2 Å². The van der Waals surface area contributed by atoms with E-state index in [-0.39, 0.29) is 44.5 Å². The maximum Gasteiger partial charge on any atom is 0.341 e. The van der Waals surface area contributed by atoms with Gasteiger partial charge in [-0.1, -0.05) is 88.6 Å². The lowest BCUT2D eigenvalue weighted by Gasteiger charge is -2.39. The third-order valence-corrected chi connectivity index (χ3v) is 10.4. The molecular formula is C31H50N2O5S3. The van der Waals surface area contributed by atoms with Gasteiger partial charge in [0.15, 0.2) is 0 Å². The van der Waals surface area contributed by atoms with Crippen molar-refractivity contribution in [3.63, 3.8) is 0 Å². The van der Waals surface area contributed by atoms with Crippen LogP contribution in [0.5, 0.6) is 5.75 Å². The Hall–Kier alpha value is -1.78. The maximum absolute atomic E-state index is 12.5. The number of carbonyl (C=O) groups is 3. The first-order valence-electron chi connectivity index (χ1n) is 13.9. The van der Waals surface area contributed by atoms with Crippen LogP contribution in [0.1, 0.15) is 85.5 Å². The Labute approximate surface area is 259 Å². The van der Waals surface area contributed by atoms with Crippen molar-refractivity contribution in [1.29, 1.82) is 0 Å². The quantitative estimate of drug-likeness (QED) is 0.0568. The molecule has 1 aromatic carbocycles. The molecule has 1 aromatic rings. The number of phenols is 1. The number of hydrogen-bond donors (Lipinski definition) is 3. The third-order valence-electron chi connectivity index (χ3n) is 6.83. The number of anilines is 1.